The van der Waals surface area contributed by atoms with Gasteiger partial charge in [-0.2, -0.15) is 0 Å². The standard InChI is InChI=1S/C14H24N4O/c1-10(2)18(4)7-5-6-16-14(19)12-8-11(3)17-13(15)9-12/h8-10H,5-7H2,1-4H3,(H2,15,17)(H,16,19). The van der Waals surface area contributed by atoms with E-state index in [2.05, 4.69) is 36.1 Å². The van der Waals surface area contributed by atoms with Gasteiger partial charge in [0.15, 0.2) is 0 Å². The van der Waals surface area contributed by atoms with Crippen LogP contribution in [0.2, 0.25) is 0 Å². The smallest absolute Gasteiger partial charge is 0.251 e. The van der Waals surface area contributed by atoms with Crippen LogP contribution in [0, 0.1) is 6.92 Å². The van der Waals surface area contributed by atoms with E-state index in [4.69, 9.17) is 5.73 Å². The number of nitrogens with one attached hydrogen (secondary N) is 1. The normalized spacial score (nSPS) is 11.1. The minimum atomic E-state index is -0.0931. The molecule has 1 rings (SSSR count). The fourth-order valence-corrected chi connectivity index (χ4v) is 1.72. The van der Waals surface area contributed by atoms with E-state index in [0.29, 0.717) is 24.0 Å². The summed E-state index contributed by atoms with van der Waals surface area (Å²) in [6, 6.07) is 3.87. The number of aromatic nitrogens is 1. The highest BCUT2D eigenvalue weighted by atomic mass is 16.1. The SMILES string of the molecule is Cc1cc(C(=O)NCCCN(C)C(C)C)cc(N)n1. The van der Waals surface area contributed by atoms with Gasteiger partial charge in [0.25, 0.3) is 5.91 Å². The van der Waals surface area contributed by atoms with Crippen molar-refractivity contribution >= 4 is 11.7 Å². The first-order valence-electron chi connectivity index (χ1n) is 6.62. The Morgan fingerprint density at radius 3 is 2.74 bits per heavy atom. The van der Waals surface area contributed by atoms with E-state index in [9.17, 15) is 4.79 Å². The fourth-order valence-electron chi connectivity index (χ4n) is 1.72. The number of nitrogens with zero attached hydrogens (tertiary/aromatic N) is 2. The number of hydrogen-bond acceptors (Lipinski definition) is 4. The van der Waals surface area contributed by atoms with E-state index < -0.39 is 0 Å². The summed E-state index contributed by atoms with van der Waals surface area (Å²) in [5, 5.41) is 2.90. The molecule has 0 saturated heterocycles. The van der Waals surface area contributed by atoms with Crippen LogP contribution in [0.1, 0.15) is 36.3 Å². The first-order valence-corrected chi connectivity index (χ1v) is 6.62. The average Bonchev–Trinajstić information content (AvgIpc) is 2.32. The second kappa shape index (κ2) is 7.09. The molecule has 0 bridgehead atoms. The summed E-state index contributed by atoms with van der Waals surface area (Å²) in [5.41, 5.74) is 6.95. The Kier molecular flexibility index (Phi) is 5.76. The highest BCUT2D eigenvalue weighted by molar-refractivity contribution is 5.94. The van der Waals surface area contributed by atoms with Crippen LogP contribution in [-0.2, 0) is 0 Å². The van der Waals surface area contributed by atoms with Gasteiger partial charge in [-0.25, -0.2) is 4.98 Å². The molecule has 5 heteroatoms. The molecular formula is C14H24N4O. The van der Waals surface area contributed by atoms with E-state index >= 15 is 0 Å². The number of carbonyl (C=O) groups is 1. The van der Waals surface area contributed by atoms with Crippen LogP contribution < -0.4 is 11.1 Å². The zero-order valence-electron chi connectivity index (χ0n) is 12.2. The molecule has 0 spiro atoms. The topological polar surface area (TPSA) is 71.2 Å². The van der Waals surface area contributed by atoms with Gasteiger partial charge in [0.1, 0.15) is 5.82 Å². The molecule has 0 unspecified atom stereocenters. The van der Waals surface area contributed by atoms with Crippen LogP contribution in [-0.4, -0.2) is 42.0 Å². The van der Waals surface area contributed by atoms with Gasteiger partial charge in [-0.15, -0.1) is 0 Å². The maximum atomic E-state index is 11.9. The van der Waals surface area contributed by atoms with Crippen LogP contribution in [0.4, 0.5) is 5.82 Å². The third-order valence-corrected chi connectivity index (χ3v) is 3.09. The van der Waals surface area contributed by atoms with Crippen LogP contribution >= 0.6 is 0 Å². The number of hydrogen-bond donors (Lipinski definition) is 2. The molecule has 19 heavy (non-hydrogen) atoms. The van der Waals surface area contributed by atoms with Crippen molar-refractivity contribution < 1.29 is 4.79 Å². The molecule has 0 aliphatic carbocycles. The van der Waals surface area contributed by atoms with Crippen LogP contribution in [0.25, 0.3) is 0 Å². The number of nitrogen functional groups attached to an aromatic ring is 1. The summed E-state index contributed by atoms with van der Waals surface area (Å²) in [6.07, 6.45) is 0.931. The van der Waals surface area contributed by atoms with Crippen molar-refractivity contribution in [1.29, 1.82) is 0 Å². The molecule has 5 nitrogen and oxygen atoms in total. The van der Waals surface area contributed by atoms with Gasteiger partial charge in [-0.1, -0.05) is 0 Å². The second-order valence-corrected chi connectivity index (χ2v) is 5.11. The van der Waals surface area contributed by atoms with Gasteiger partial charge >= 0.3 is 0 Å². The minimum absolute atomic E-state index is 0.0931. The molecule has 0 aromatic carbocycles. The number of rotatable bonds is 6. The Hall–Kier alpha value is -1.62. The Bertz CT molecular complexity index is 411. The first kappa shape index (κ1) is 15.4. The molecule has 1 amide bonds. The van der Waals surface area contributed by atoms with Gasteiger partial charge in [0.05, 0.1) is 0 Å². The Morgan fingerprint density at radius 2 is 2.16 bits per heavy atom. The van der Waals surface area contributed by atoms with Crippen molar-refractivity contribution in [2.24, 2.45) is 0 Å². The lowest BCUT2D eigenvalue weighted by Crippen LogP contribution is -2.31. The molecular weight excluding hydrogens is 240 g/mol. The highest BCUT2D eigenvalue weighted by Gasteiger charge is 2.07. The van der Waals surface area contributed by atoms with Crippen LogP contribution in [0.15, 0.2) is 12.1 Å². The third-order valence-electron chi connectivity index (χ3n) is 3.09. The van der Waals surface area contributed by atoms with E-state index in [1.165, 1.54) is 0 Å². The monoisotopic (exact) mass is 264 g/mol. The summed E-state index contributed by atoms with van der Waals surface area (Å²) in [7, 11) is 2.08. The molecule has 1 heterocycles. The lowest BCUT2D eigenvalue weighted by Gasteiger charge is -2.20. The quantitative estimate of drug-likeness (QED) is 0.763. The van der Waals surface area contributed by atoms with Gasteiger partial charge in [0.2, 0.25) is 0 Å². The zero-order chi connectivity index (χ0) is 14.4. The second-order valence-electron chi connectivity index (χ2n) is 5.11. The van der Waals surface area contributed by atoms with Crippen molar-refractivity contribution in [3.8, 4) is 0 Å². The summed E-state index contributed by atoms with van der Waals surface area (Å²) < 4.78 is 0. The molecule has 0 aliphatic rings. The van der Waals surface area contributed by atoms with Gasteiger partial charge < -0.3 is 16.0 Å². The molecule has 0 radical (unpaired) electrons. The number of amides is 1. The fraction of sp³-hybridized carbons (Fsp3) is 0.571. The van der Waals surface area contributed by atoms with Gasteiger partial charge in [-0.05, 0) is 52.9 Å². The maximum absolute atomic E-state index is 11.9. The third kappa shape index (κ3) is 5.26. The average molecular weight is 264 g/mol. The van der Waals surface area contributed by atoms with Crippen molar-refractivity contribution in [2.45, 2.75) is 33.2 Å². The van der Waals surface area contributed by atoms with Gasteiger partial charge in [-0.3, -0.25) is 4.79 Å². The number of nitrogens with two attached hydrogens (primary N) is 1. The summed E-state index contributed by atoms with van der Waals surface area (Å²) in [5.74, 6) is 0.286. The molecule has 1 aromatic rings. The van der Waals surface area contributed by atoms with Crippen LogP contribution in [0.5, 0.6) is 0 Å². The van der Waals surface area contributed by atoms with Crippen molar-refractivity contribution in [2.75, 3.05) is 25.9 Å². The van der Waals surface area contributed by atoms with Gasteiger partial charge in [0, 0.05) is 23.8 Å². The van der Waals surface area contributed by atoms with Crippen molar-refractivity contribution in [3.63, 3.8) is 0 Å². The van der Waals surface area contributed by atoms with E-state index in [1.807, 2.05) is 6.92 Å². The van der Waals surface area contributed by atoms with E-state index in [-0.39, 0.29) is 5.91 Å². The summed E-state index contributed by atoms with van der Waals surface area (Å²) in [4.78, 5) is 18.2. The van der Waals surface area contributed by atoms with Crippen LogP contribution in [0.3, 0.4) is 0 Å². The minimum Gasteiger partial charge on any atom is -0.384 e. The number of carbonyl (C=O) groups excluding carboxylic acids is 1. The highest BCUT2D eigenvalue weighted by Crippen LogP contribution is 2.06. The first-order chi connectivity index (χ1) is 8.90. The number of anilines is 1. The summed E-state index contributed by atoms with van der Waals surface area (Å²) >= 11 is 0. The molecule has 0 atom stereocenters. The molecule has 3 N–H and O–H groups in total. The maximum Gasteiger partial charge on any atom is 0.251 e. The van der Waals surface area contributed by atoms with E-state index in [0.717, 1.165) is 18.7 Å². The predicted octanol–water partition coefficient (Wildman–Crippen LogP) is 1.43. The Balaban J connectivity index is 2.39. The van der Waals surface area contributed by atoms with Crippen molar-refractivity contribution in [3.05, 3.63) is 23.4 Å². The largest absolute Gasteiger partial charge is 0.384 e. The lowest BCUT2D eigenvalue weighted by molar-refractivity contribution is 0.0951. The Morgan fingerprint density at radius 1 is 1.47 bits per heavy atom. The zero-order valence-corrected chi connectivity index (χ0v) is 12.2. The number of pyridine rings is 1. The molecule has 0 saturated carbocycles. The van der Waals surface area contributed by atoms with Crippen molar-refractivity contribution in [1.82, 2.24) is 15.2 Å². The molecule has 0 aliphatic heterocycles. The molecule has 1 aromatic heterocycles. The molecule has 106 valence electrons. The molecule has 0 fully saturated rings. The summed E-state index contributed by atoms with van der Waals surface area (Å²) in [6.45, 7) is 7.76. The Labute approximate surface area is 115 Å². The van der Waals surface area contributed by atoms with E-state index in [1.54, 1.807) is 12.1 Å². The number of aryl methyl sites for hydroxylation is 1. The predicted molar refractivity (Wildman–Crippen MR) is 78.1 cm³/mol. The lowest BCUT2D eigenvalue weighted by atomic mass is 10.2.